The Balaban J connectivity index is 1.58. The minimum Gasteiger partial charge on any atom is -0.444 e. The van der Waals surface area contributed by atoms with Crippen LogP contribution in [0.1, 0.15) is 47.6 Å². The first-order valence-electron chi connectivity index (χ1n) is 7.64. The lowest BCUT2D eigenvalue weighted by molar-refractivity contribution is 0.328. The maximum atomic E-state index is 5.54. The maximum absolute atomic E-state index is 5.54. The molecule has 0 amide bonds. The van der Waals surface area contributed by atoms with Crippen LogP contribution in [0, 0.1) is 13.8 Å². The first-order chi connectivity index (χ1) is 11.1. The van der Waals surface area contributed by atoms with Crippen LogP contribution < -0.4 is 5.32 Å². The fourth-order valence-corrected chi connectivity index (χ4v) is 2.24. The number of oxazole rings is 1. The van der Waals surface area contributed by atoms with Crippen LogP contribution in [0.5, 0.6) is 0 Å². The summed E-state index contributed by atoms with van der Waals surface area (Å²) >= 11 is 0. The molecule has 0 aliphatic rings. The van der Waals surface area contributed by atoms with Crippen molar-refractivity contribution in [2.75, 3.05) is 0 Å². The first-order valence-corrected chi connectivity index (χ1v) is 7.64. The van der Waals surface area contributed by atoms with E-state index in [2.05, 4.69) is 20.4 Å². The smallest absolute Gasteiger partial charge is 0.243 e. The molecule has 0 bridgehead atoms. The van der Waals surface area contributed by atoms with Gasteiger partial charge in [0.1, 0.15) is 5.76 Å². The summed E-state index contributed by atoms with van der Waals surface area (Å²) in [6.45, 7) is 6.33. The molecular weight excluding hydrogens is 292 g/mol. The Morgan fingerprint density at radius 2 is 1.91 bits per heavy atom. The quantitative estimate of drug-likeness (QED) is 0.753. The molecule has 3 aromatic rings. The van der Waals surface area contributed by atoms with Crippen molar-refractivity contribution in [2.45, 2.75) is 39.8 Å². The van der Waals surface area contributed by atoms with Gasteiger partial charge in [-0.15, -0.1) is 0 Å². The van der Waals surface area contributed by atoms with Crippen molar-refractivity contribution < 1.29 is 8.94 Å². The van der Waals surface area contributed by atoms with Gasteiger partial charge in [0.15, 0.2) is 5.82 Å². The Labute approximate surface area is 134 Å². The molecule has 3 rings (SSSR count). The lowest BCUT2D eigenvalue weighted by Gasteiger charge is -2.06. The highest BCUT2D eigenvalue weighted by Crippen LogP contribution is 2.14. The van der Waals surface area contributed by atoms with Crippen LogP contribution >= 0.6 is 0 Å². The van der Waals surface area contributed by atoms with Crippen LogP contribution in [0.4, 0.5) is 0 Å². The van der Waals surface area contributed by atoms with Crippen molar-refractivity contribution in [1.82, 2.24) is 20.4 Å². The van der Waals surface area contributed by atoms with E-state index >= 15 is 0 Å². The van der Waals surface area contributed by atoms with Crippen LogP contribution in [0.15, 0.2) is 39.3 Å². The highest BCUT2D eigenvalue weighted by Gasteiger charge is 2.15. The number of benzene rings is 1. The average Bonchev–Trinajstić information content (AvgIpc) is 3.13. The molecule has 0 aliphatic heterocycles. The zero-order valence-corrected chi connectivity index (χ0v) is 13.5. The largest absolute Gasteiger partial charge is 0.444 e. The molecule has 1 aromatic carbocycles. The van der Waals surface area contributed by atoms with Gasteiger partial charge in [-0.25, -0.2) is 4.98 Å². The van der Waals surface area contributed by atoms with Crippen molar-refractivity contribution in [2.24, 2.45) is 0 Å². The molecule has 2 heterocycles. The van der Waals surface area contributed by atoms with Crippen molar-refractivity contribution in [3.05, 3.63) is 65.0 Å². The number of aromatic nitrogens is 3. The van der Waals surface area contributed by atoms with E-state index in [-0.39, 0.29) is 6.04 Å². The number of hydrogen-bond donors (Lipinski definition) is 1. The van der Waals surface area contributed by atoms with E-state index in [4.69, 9.17) is 8.94 Å². The second kappa shape index (κ2) is 6.75. The fraction of sp³-hybridized carbons (Fsp3) is 0.353. The number of nitrogens with zero attached hydrogens (tertiary/aromatic N) is 3. The van der Waals surface area contributed by atoms with Crippen molar-refractivity contribution >= 4 is 0 Å². The predicted octanol–water partition coefficient (Wildman–Crippen LogP) is 3.12. The normalized spacial score (nSPS) is 12.5. The third-order valence-corrected chi connectivity index (χ3v) is 3.69. The van der Waals surface area contributed by atoms with Gasteiger partial charge in [0.05, 0.1) is 18.3 Å². The molecule has 0 fully saturated rings. The summed E-state index contributed by atoms with van der Waals surface area (Å²) < 4.78 is 10.9. The van der Waals surface area contributed by atoms with Gasteiger partial charge in [0.2, 0.25) is 11.8 Å². The lowest BCUT2D eigenvalue weighted by Crippen LogP contribution is -2.18. The second-order valence-corrected chi connectivity index (χ2v) is 5.56. The van der Waals surface area contributed by atoms with Gasteiger partial charge in [0, 0.05) is 6.42 Å². The molecule has 1 atom stereocenters. The number of aryl methyl sites for hydroxylation is 2. The van der Waals surface area contributed by atoms with Gasteiger partial charge in [-0.2, -0.15) is 4.98 Å². The number of rotatable bonds is 6. The molecular formula is C17H20N4O2. The Morgan fingerprint density at radius 1 is 1.13 bits per heavy atom. The second-order valence-electron chi connectivity index (χ2n) is 5.56. The van der Waals surface area contributed by atoms with Crippen LogP contribution in [0.25, 0.3) is 0 Å². The Hall–Kier alpha value is -2.47. The molecule has 1 unspecified atom stereocenters. The average molecular weight is 312 g/mol. The molecule has 120 valence electrons. The molecule has 0 saturated heterocycles. The first kappa shape index (κ1) is 15.4. The van der Waals surface area contributed by atoms with Gasteiger partial charge in [-0.05, 0) is 26.3 Å². The predicted molar refractivity (Wildman–Crippen MR) is 84.8 cm³/mol. The minimum atomic E-state index is -0.0699. The van der Waals surface area contributed by atoms with Gasteiger partial charge in [0.25, 0.3) is 0 Å². The summed E-state index contributed by atoms with van der Waals surface area (Å²) in [6, 6.07) is 10.0. The van der Waals surface area contributed by atoms with Crippen LogP contribution in [-0.2, 0) is 13.0 Å². The third-order valence-electron chi connectivity index (χ3n) is 3.69. The van der Waals surface area contributed by atoms with Crippen LogP contribution in [0.3, 0.4) is 0 Å². The van der Waals surface area contributed by atoms with E-state index in [1.165, 1.54) is 0 Å². The highest BCUT2D eigenvalue weighted by atomic mass is 16.5. The summed E-state index contributed by atoms with van der Waals surface area (Å²) in [6.07, 6.45) is 0.662. The van der Waals surface area contributed by atoms with Crippen molar-refractivity contribution in [3.63, 3.8) is 0 Å². The van der Waals surface area contributed by atoms with Crippen LogP contribution in [0.2, 0.25) is 0 Å². The highest BCUT2D eigenvalue weighted by molar-refractivity contribution is 5.18. The van der Waals surface area contributed by atoms with E-state index in [9.17, 15) is 0 Å². The fourth-order valence-electron chi connectivity index (χ4n) is 2.24. The summed E-state index contributed by atoms with van der Waals surface area (Å²) in [4.78, 5) is 8.79. The van der Waals surface area contributed by atoms with E-state index in [0.717, 1.165) is 17.0 Å². The molecule has 0 radical (unpaired) electrons. The molecule has 0 aliphatic carbocycles. The van der Waals surface area contributed by atoms with E-state index in [1.807, 2.05) is 51.1 Å². The van der Waals surface area contributed by atoms with Gasteiger partial charge >= 0.3 is 0 Å². The van der Waals surface area contributed by atoms with E-state index in [0.29, 0.717) is 30.6 Å². The molecule has 6 nitrogen and oxygen atoms in total. The lowest BCUT2D eigenvalue weighted by atomic mass is 10.1. The summed E-state index contributed by atoms with van der Waals surface area (Å²) in [7, 11) is 0. The zero-order chi connectivity index (χ0) is 16.2. The van der Waals surface area contributed by atoms with Crippen LogP contribution in [-0.4, -0.2) is 15.1 Å². The molecule has 0 saturated carbocycles. The summed E-state index contributed by atoms with van der Waals surface area (Å²) in [5.41, 5.74) is 2.07. The Kier molecular flexibility index (Phi) is 4.52. The summed E-state index contributed by atoms with van der Waals surface area (Å²) in [5, 5.41) is 7.32. The zero-order valence-electron chi connectivity index (χ0n) is 13.5. The Morgan fingerprint density at radius 3 is 2.61 bits per heavy atom. The number of hydrogen-bond acceptors (Lipinski definition) is 6. The molecule has 1 N–H and O–H groups in total. The summed E-state index contributed by atoms with van der Waals surface area (Å²) in [5.74, 6) is 2.76. The molecule has 23 heavy (non-hydrogen) atoms. The molecule has 6 heteroatoms. The Bertz CT molecular complexity index is 745. The minimum absolute atomic E-state index is 0.0699. The molecule has 2 aromatic heterocycles. The maximum Gasteiger partial charge on any atom is 0.243 e. The molecule has 0 spiro atoms. The SMILES string of the molecule is Cc1nc(CNC(C)c2nc(Cc3ccccc3)no2)oc1C. The van der Waals surface area contributed by atoms with Crippen molar-refractivity contribution in [3.8, 4) is 0 Å². The van der Waals surface area contributed by atoms with Gasteiger partial charge in [-0.1, -0.05) is 35.5 Å². The third kappa shape index (κ3) is 3.84. The monoisotopic (exact) mass is 312 g/mol. The van der Waals surface area contributed by atoms with Gasteiger partial charge < -0.3 is 8.94 Å². The number of nitrogens with one attached hydrogen (secondary N) is 1. The topological polar surface area (TPSA) is 77.0 Å². The van der Waals surface area contributed by atoms with E-state index in [1.54, 1.807) is 0 Å². The van der Waals surface area contributed by atoms with Crippen molar-refractivity contribution in [1.29, 1.82) is 0 Å². The van der Waals surface area contributed by atoms with E-state index < -0.39 is 0 Å². The standard InChI is InChI=1S/C17H20N4O2/c1-11-13(3)22-16(19-11)10-18-12(2)17-20-15(21-23-17)9-14-7-5-4-6-8-14/h4-8,12,18H,9-10H2,1-3H3. The van der Waals surface area contributed by atoms with Gasteiger partial charge in [-0.3, -0.25) is 5.32 Å².